The minimum atomic E-state index is -0.248. The van der Waals surface area contributed by atoms with Gasteiger partial charge in [0.05, 0.1) is 16.8 Å². The van der Waals surface area contributed by atoms with Gasteiger partial charge in [0, 0.05) is 17.5 Å². The van der Waals surface area contributed by atoms with Gasteiger partial charge < -0.3 is 5.32 Å². The van der Waals surface area contributed by atoms with Crippen molar-refractivity contribution in [3.8, 4) is 0 Å². The van der Waals surface area contributed by atoms with Crippen molar-refractivity contribution in [3.05, 3.63) is 50.6 Å². The van der Waals surface area contributed by atoms with E-state index < -0.39 is 0 Å². The first kappa shape index (κ1) is 18.9. The third-order valence-electron chi connectivity index (χ3n) is 4.82. The fourth-order valence-corrected chi connectivity index (χ4v) is 5.52. The largest absolute Gasteiger partial charge is 0.325 e. The number of rotatable bonds is 5. The Labute approximate surface area is 170 Å². The van der Waals surface area contributed by atoms with Crippen molar-refractivity contribution in [1.82, 2.24) is 9.55 Å². The van der Waals surface area contributed by atoms with E-state index in [4.69, 9.17) is 0 Å². The Bertz CT molecular complexity index is 1160. The lowest BCUT2D eigenvalue weighted by Crippen LogP contribution is -2.21. The number of aromatic nitrogens is 2. The molecule has 28 heavy (non-hydrogen) atoms. The number of benzene rings is 1. The van der Waals surface area contributed by atoms with Gasteiger partial charge in [-0.15, -0.1) is 11.3 Å². The Morgan fingerprint density at radius 2 is 2.07 bits per heavy atom. The molecular formula is C20H19N3O3S2. The zero-order chi connectivity index (χ0) is 19.8. The lowest BCUT2D eigenvalue weighted by atomic mass is 10.1. The van der Waals surface area contributed by atoms with Gasteiger partial charge in [0.1, 0.15) is 4.83 Å². The zero-order valence-corrected chi connectivity index (χ0v) is 17.2. The highest BCUT2D eigenvalue weighted by Gasteiger charge is 2.22. The van der Waals surface area contributed by atoms with E-state index >= 15 is 0 Å². The van der Waals surface area contributed by atoms with E-state index in [0.29, 0.717) is 16.4 Å². The minimum absolute atomic E-state index is 0.0470. The number of thiophene rings is 1. The molecule has 0 saturated heterocycles. The van der Waals surface area contributed by atoms with Gasteiger partial charge in [-0.25, -0.2) is 4.98 Å². The Balaban J connectivity index is 1.53. The highest BCUT2D eigenvalue weighted by molar-refractivity contribution is 7.99. The summed E-state index contributed by atoms with van der Waals surface area (Å²) in [6.07, 6.45) is 3.05. The minimum Gasteiger partial charge on any atom is -0.325 e. The van der Waals surface area contributed by atoms with Crippen LogP contribution in [0.25, 0.3) is 10.2 Å². The molecule has 0 bridgehead atoms. The second kappa shape index (κ2) is 7.52. The summed E-state index contributed by atoms with van der Waals surface area (Å²) in [6, 6.07) is 6.91. The van der Waals surface area contributed by atoms with E-state index in [2.05, 4.69) is 10.3 Å². The van der Waals surface area contributed by atoms with Crippen LogP contribution in [-0.4, -0.2) is 27.0 Å². The lowest BCUT2D eigenvalue weighted by Gasteiger charge is -2.10. The van der Waals surface area contributed by atoms with Crippen LogP contribution in [-0.2, 0) is 24.7 Å². The number of aryl methyl sites for hydroxylation is 2. The summed E-state index contributed by atoms with van der Waals surface area (Å²) >= 11 is 2.81. The maximum Gasteiger partial charge on any atom is 0.262 e. The maximum atomic E-state index is 12.8. The van der Waals surface area contributed by atoms with E-state index in [1.807, 2.05) is 0 Å². The summed E-state index contributed by atoms with van der Waals surface area (Å²) in [5.41, 5.74) is 2.07. The van der Waals surface area contributed by atoms with Gasteiger partial charge in [0.15, 0.2) is 10.9 Å². The number of anilines is 1. The van der Waals surface area contributed by atoms with Gasteiger partial charge in [0.25, 0.3) is 5.56 Å². The number of hydrogen-bond acceptors (Lipinski definition) is 6. The molecule has 1 N–H and O–H groups in total. The third-order valence-corrected chi connectivity index (χ3v) is 7.03. The number of carbonyl (C=O) groups excluding carboxylic acids is 2. The number of amides is 1. The first-order valence-corrected chi connectivity index (χ1v) is 10.8. The number of para-hydroxylation sites is 1. The van der Waals surface area contributed by atoms with E-state index in [-0.39, 0.29) is 23.0 Å². The monoisotopic (exact) mass is 413 g/mol. The van der Waals surface area contributed by atoms with Crippen molar-refractivity contribution in [2.45, 2.75) is 31.3 Å². The number of Topliss-reactive ketones (excluding diaryl/α,β-unsaturated/α-hetero) is 1. The van der Waals surface area contributed by atoms with E-state index in [0.717, 1.165) is 35.0 Å². The van der Waals surface area contributed by atoms with Crippen molar-refractivity contribution in [2.75, 3.05) is 11.1 Å². The van der Waals surface area contributed by atoms with Crippen LogP contribution in [0.15, 0.2) is 34.2 Å². The summed E-state index contributed by atoms with van der Waals surface area (Å²) in [5, 5.41) is 4.03. The van der Waals surface area contributed by atoms with Crippen molar-refractivity contribution in [2.24, 2.45) is 7.05 Å². The fourth-order valence-electron chi connectivity index (χ4n) is 3.45. The zero-order valence-electron chi connectivity index (χ0n) is 15.6. The topological polar surface area (TPSA) is 81.1 Å². The number of carbonyl (C=O) groups is 2. The van der Waals surface area contributed by atoms with Crippen LogP contribution in [0.1, 0.15) is 34.1 Å². The molecule has 2 aromatic heterocycles. The number of thioether (sulfide) groups is 1. The molecule has 0 radical (unpaired) electrons. The molecule has 1 aliphatic rings. The lowest BCUT2D eigenvalue weighted by molar-refractivity contribution is -0.113. The molecule has 3 aromatic rings. The van der Waals surface area contributed by atoms with Crippen molar-refractivity contribution >= 4 is 50.7 Å². The van der Waals surface area contributed by atoms with Crippen LogP contribution in [0, 0.1) is 0 Å². The molecule has 4 rings (SSSR count). The average Bonchev–Trinajstić information content (AvgIpc) is 3.24. The van der Waals surface area contributed by atoms with E-state index in [1.165, 1.54) is 28.1 Å². The van der Waals surface area contributed by atoms with Gasteiger partial charge in [-0.1, -0.05) is 23.9 Å². The second-order valence-electron chi connectivity index (χ2n) is 6.73. The molecule has 2 heterocycles. The summed E-state index contributed by atoms with van der Waals surface area (Å²) < 4.78 is 1.52. The molecule has 6 nitrogen and oxygen atoms in total. The molecule has 8 heteroatoms. The SMILES string of the molecule is CC(=O)c1ccccc1NC(=O)CSc1nc2sc3c(c2c(=O)n1C)CCC3. The molecule has 1 aromatic carbocycles. The Hall–Kier alpha value is -2.45. The summed E-state index contributed by atoms with van der Waals surface area (Å²) in [6.45, 7) is 1.47. The van der Waals surface area contributed by atoms with Crippen molar-refractivity contribution in [3.63, 3.8) is 0 Å². The molecule has 144 valence electrons. The highest BCUT2D eigenvalue weighted by Crippen LogP contribution is 2.35. The number of hydrogen-bond donors (Lipinski definition) is 1. The summed E-state index contributed by atoms with van der Waals surface area (Å²) in [7, 11) is 1.69. The summed E-state index contributed by atoms with van der Waals surface area (Å²) in [5.74, 6) is -0.256. The van der Waals surface area contributed by atoms with Crippen LogP contribution in [0.2, 0.25) is 0 Å². The van der Waals surface area contributed by atoms with Crippen LogP contribution < -0.4 is 10.9 Å². The number of nitrogens with zero attached hydrogens (tertiary/aromatic N) is 2. The Kier molecular flexibility index (Phi) is 5.07. The van der Waals surface area contributed by atoms with Crippen LogP contribution in [0.5, 0.6) is 0 Å². The first-order chi connectivity index (χ1) is 13.5. The second-order valence-corrected chi connectivity index (χ2v) is 8.76. The number of fused-ring (bicyclic) bond motifs is 3. The Morgan fingerprint density at radius 3 is 2.86 bits per heavy atom. The predicted octanol–water partition coefficient (Wildman–Crippen LogP) is 3.42. The van der Waals surface area contributed by atoms with Gasteiger partial charge in [0.2, 0.25) is 5.91 Å². The molecule has 1 amide bonds. The van der Waals surface area contributed by atoms with Crippen LogP contribution >= 0.6 is 23.1 Å². The Morgan fingerprint density at radius 1 is 1.29 bits per heavy atom. The van der Waals surface area contributed by atoms with E-state index in [1.54, 1.807) is 42.6 Å². The van der Waals surface area contributed by atoms with Gasteiger partial charge in [-0.3, -0.25) is 19.0 Å². The van der Waals surface area contributed by atoms with E-state index in [9.17, 15) is 14.4 Å². The number of nitrogens with one attached hydrogen (secondary N) is 1. The van der Waals surface area contributed by atoms with Crippen molar-refractivity contribution in [1.29, 1.82) is 0 Å². The van der Waals surface area contributed by atoms with Gasteiger partial charge in [-0.05, 0) is 43.9 Å². The standard InChI is InChI=1S/C20H19N3O3S2/c1-11(24)12-6-3-4-8-14(12)21-16(25)10-27-20-22-18-17(19(26)23(20)2)13-7-5-9-15(13)28-18/h3-4,6,8H,5,7,9-10H2,1-2H3,(H,21,25). The molecule has 0 spiro atoms. The molecule has 0 fully saturated rings. The highest BCUT2D eigenvalue weighted by atomic mass is 32.2. The smallest absolute Gasteiger partial charge is 0.262 e. The van der Waals surface area contributed by atoms with Gasteiger partial charge >= 0.3 is 0 Å². The predicted molar refractivity (Wildman–Crippen MR) is 113 cm³/mol. The van der Waals surface area contributed by atoms with Gasteiger partial charge in [-0.2, -0.15) is 0 Å². The molecule has 0 saturated carbocycles. The normalized spacial score (nSPS) is 12.9. The molecule has 0 unspecified atom stereocenters. The molecule has 1 aliphatic carbocycles. The quantitative estimate of drug-likeness (QED) is 0.394. The molecule has 0 aliphatic heterocycles. The summed E-state index contributed by atoms with van der Waals surface area (Å²) in [4.78, 5) is 43.5. The third kappa shape index (κ3) is 3.38. The van der Waals surface area contributed by atoms with Crippen molar-refractivity contribution < 1.29 is 9.59 Å². The molecular weight excluding hydrogens is 394 g/mol. The number of ketones is 1. The van der Waals surface area contributed by atoms with Crippen LogP contribution in [0.3, 0.4) is 0 Å². The average molecular weight is 414 g/mol. The fraction of sp³-hybridized carbons (Fsp3) is 0.300. The maximum absolute atomic E-state index is 12.8. The molecule has 0 atom stereocenters. The van der Waals surface area contributed by atoms with Crippen LogP contribution in [0.4, 0.5) is 5.69 Å². The first-order valence-electron chi connectivity index (χ1n) is 8.99.